The number of phenols is 1. The second-order valence-corrected chi connectivity index (χ2v) is 3.15. The van der Waals surface area contributed by atoms with Crippen molar-refractivity contribution in [1.29, 1.82) is 5.26 Å². The van der Waals surface area contributed by atoms with Gasteiger partial charge in [-0.05, 0) is 12.1 Å². The normalized spacial score (nSPS) is 9.43. The summed E-state index contributed by atoms with van der Waals surface area (Å²) in [6.45, 7) is 0. The third-order valence-electron chi connectivity index (χ3n) is 1.74. The monoisotopic (exact) mass is 254 g/mol. The van der Waals surface area contributed by atoms with Gasteiger partial charge >= 0.3 is 0 Å². The molecule has 0 aliphatic rings. The Hall–Kier alpha value is -1.54. The first kappa shape index (κ1) is 10.5. The molecule has 0 spiro atoms. The molecule has 0 saturated carbocycles. The summed E-state index contributed by atoms with van der Waals surface area (Å²) < 4.78 is 0. The predicted octanol–water partition coefficient (Wildman–Crippen LogP) is 1.42. The molecule has 72 valence electrons. The maximum Gasteiger partial charge on any atom is 0.176 e. The van der Waals surface area contributed by atoms with E-state index in [1.54, 1.807) is 0 Å². The van der Waals surface area contributed by atoms with Crippen LogP contribution in [0.3, 0.4) is 0 Å². The van der Waals surface area contributed by atoms with Crippen molar-refractivity contribution in [3.63, 3.8) is 0 Å². The first-order valence-electron chi connectivity index (χ1n) is 3.72. The third-order valence-corrected chi connectivity index (χ3v) is 2.25. The molecular weight excluding hydrogens is 248 g/mol. The number of rotatable bonds is 2. The van der Waals surface area contributed by atoms with Gasteiger partial charge in [-0.1, -0.05) is 15.9 Å². The van der Waals surface area contributed by atoms with E-state index >= 15 is 0 Å². The molecule has 0 unspecified atom stereocenters. The van der Waals surface area contributed by atoms with Crippen molar-refractivity contribution in [2.75, 3.05) is 11.1 Å². The van der Waals surface area contributed by atoms with Crippen LogP contribution in [-0.4, -0.2) is 16.2 Å². The van der Waals surface area contributed by atoms with E-state index in [2.05, 4.69) is 15.9 Å². The molecule has 3 N–H and O–H groups in total. The average Bonchev–Trinajstić information content (AvgIpc) is 2.20. The van der Waals surface area contributed by atoms with E-state index in [1.807, 2.05) is 6.07 Å². The van der Waals surface area contributed by atoms with Gasteiger partial charge in [-0.2, -0.15) is 5.26 Å². The van der Waals surface area contributed by atoms with Crippen LogP contribution in [0.1, 0.15) is 15.9 Å². The molecule has 0 atom stereocenters. The molecule has 0 aliphatic heterocycles. The second-order valence-electron chi connectivity index (χ2n) is 2.59. The van der Waals surface area contributed by atoms with Gasteiger partial charge in [0, 0.05) is 0 Å². The number of carbonyl (C=O) groups is 1. The van der Waals surface area contributed by atoms with Crippen LogP contribution in [0.4, 0.5) is 5.69 Å². The third kappa shape index (κ3) is 1.70. The number of halogens is 1. The number of nitrogen functional groups attached to an aromatic ring is 1. The lowest BCUT2D eigenvalue weighted by molar-refractivity contribution is 0.102. The Balaban J connectivity index is 3.45. The van der Waals surface area contributed by atoms with E-state index in [0.29, 0.717) is 0 Å². The topological polar surface area (TPSA) is 87.1 Å². The molecule has 0 aromatic heterocycles. The number of nitrogens with two attached hydrogens (primary N) is 1. The molecule has 5 heteroatoms. The lowest BCUT2D eigenvalue weighted by atomic mass is 10.0. The summed E-state index contributed by atoms with van der Waals surface area (Å²) in [6.07, 6.45) is 0. The zero-order valence-corrected chi connectivity index (χ0v) is 8.71. The average molecular weight is 255 g/mol. The van der Waals surface area contributed by atoms with Gasteiger partial charge in [0.05, 0.1) is 28.2 Å². The van der Waals surface area contributed by atoms with Gasteiger partial charge in [-0.15, -0.1) is 0 Å². The number of anilines is 1. The van der Waals surface area contributed by atoms with Crippen LogP contribution in [0.5, 0.6) is 5.75 Å². The Kier molecular flexibility index (Phi) is 3.10. The Labute approximate surface area is 89.1 Å². The molecule has 1 aromatic carbocycles. The lowest BCUT2D eigenvalue weighted by Crippen LogP contribution is -2.07. The highest BCUT2D eigenvalue weighted by atomic mass is 79.9. The molecule has 0 fully saturated rings. The minimum atomic E-state index is -0.324. The van der Waals surface area contributed by atoms with Crippen LogP contribution >= 0.6 is 15.9 Å². The van der Waals surface area contributed by atoms with E-state index < -0.39 is 0 Å². The lowest BCUT2D eigenvalue weighted by Gasteiger charge is -2.06. The Morgan fingerprint density at radius 2 is 2.29 bits per heavy atom. The number of Topliss-reactive ketones (excluding diaryl/α,β-unsaturated/α-hetero) is 1. The molecule has 0 bridgehead atoms. The van der Waals surface area contributed by atoms with Crippen molar-refractivity contribution in [2.45, 2.75) is 0 Å². The fourth-order valence-corrected chi connectivity index (χ4v) is 1.35. The van der Waals surface area contributed by atoms with Gasteiger partial charge in [0.2, 0.25) is 0 Å². The van der Waals surface area contributed by atoms with Gasteiger partial charge in [0.1, 0.15) is 5.75 Å². The zero-order valence-electron chi connectivity index (χ0n) is 7.12. The van der Waals surface area contributed by atoms with Crippen LogP contribution in [0.25, 0.3) is 0 Å². The van der Waals surface area contributed by atoms with Gasteiger partial charge in [0.15, 0.2) is 5.78 Å². The van der Waals surface area contributed by atoms with Crippen LogP contribution in [0.2, 0.25) is 0 Å². The summed E-state index contributed by atoms with van der Waals surface area (Å²) in [6, 6.07) is 4.50. The van der Waals surface area contributed by atoms with E-state index in [0.717, 1.165) is 0 Å². The number of benzene rings is 1. The number of hydrogen-bond donors (Lipinski definition) is 2. The largest absolute Gasteiger partial charge is 0.506 e. The van der Waals surface area contributed by atoms with Gasteiger partial charge in [0.25, 0.3) is 0 Å². The number of nitrogens with zero attached hydrogens (tertiary/aromatic N) is 1. The highest BCUT2D eigenvalue weighted by Gasteiger charge is 2.16. The number of alkyl halides is 1. The van der Waals surface area contributed by atoms with E-state index in [4.69, 9.17) is 11.0 Å². The number of hydrogen-bond acceptors (Lipinski definition) is 4. The number of phenolic OH excluding ortho intramolecular Hbond substituents is 1. The maximum absolute atomic E-state index is 11.4. The van der Waals surface area contributed by atoms with Gasteiger partial charge < -0.3 is 10.8 Å². The summed E-state index contributed by atoms with van der Waals surface area (Å²) in [7, 11) is 0. The second kappa shape index (κ2) is 4.11. The first-order valence-corrected chi connectivity index (χ1v) is 4.84. The summed E-state index contributed by atoms with van der Waals surface area (Å²) in [5.74, 6) is -0.511. The fourth-order valence-electron chi connectivity index (χ4n) is 1.07. The minimum absolute atomic E-state index is 0.0477. The zero-order chi connectivity index (χ0) is 10.7. The number of aromatic hydroxyl groups is 1. The fraction of sp³-hybridized carbons (Fsp3) is 0.111. The van der Waals surface area contributed by atoms with Crippen molar-refractivity contribution in [1.82, 2.24) is 0 Å². The van der Waals surface area contributed by atoms with Crippen LogP contribution < -0.4 is 5.73 Å². The van der Waals surface area contributed by atoms with Crippen molar-refractivity contribution in [3.8, 4) is 11.8 Å². The summed E-state index contributed by atoms with van der Waals surface area (Å²) in [5, 5.41) is 18.1. The molecule has 0 heterocycles. The SMILES string of the molecule is N#Cc1ccc(O)c(N)c1C(=O)CBr. The van der Waals surface area contributed by atoms with E-state index in [9.17, 15) is 9.90 Å². The smallest absolute Gasteiger partial charge is 0.176 e. The molecule has 14 heavy (non-hydrogen) atoms. The highest BCUT2D eigenvalue weighted by Crippen LogP contribution is 2.27. The molecule has 0 aliphatic carbocycles. The van der Waals surface area contributed by atoms with Crippen molar-refractivity contribution in [2.24, 2.45) is 0 Å². The van der Waals surface area contributed by atoms with E-state index in [-0.39, 0.29) is 33.7 Å². The summed E-state index contributed by atoms with van der Waals surface area (Å²) in [5.41, 5.74) is 5.69. The van der Waals surface area contributed by atoms with Crippen molar-refractivity contribution < 1.29 is 9.90 Å². The predicted molar refractivity (Wildman–Crippen MR) is 55.4 cm³/mol. The molecule has 0 amide bonds. The number of ketones is 1. The quantitative estimate of drug-likeness (QED) is 0.362. The Morgan fingerprint density at radius 1 is 1.64 bits per heavy atom. The van der Waals surface area contributed by atoms with Crippen molar-refractivity contribution in [3.05, 3.63) is 23.3 Å². The molecule has 1 rings (SSSR count). The number of nitriles is 1. The molecule has 0 saturated heterocycles. The standard InChI is InChI=1S/C9H7BrN2O2/c10-3-7(14)8-5(4-11)1-2-6(13)9(8)12/h1-2,13H,3,12H2. The summed E-state index contributed by atoms with van der Waals surface area (Å²) >= 11 is 2.98. The number of carbonyl (C=O) groups excluding carboxylic acids is 1. The van der Waals surface area contributed by atoms with Gasteiger partial charge in [-0.3, -0.25) is 4.79 Å². The van der Waals surface area contributed by atoms with Crippen LogP contribution in [0.15, 0.2) is 12.1 Å². The van der Waals surface area contributed by atoms with Crippen LogP contribution in [-0.2, 0) is 0 Å². The van der Waals surface area contributed by atoms with Gasteiger partial charge in [-0.25, -0.2) is 0 Å². The van der Waals surface area contributed by atoms with E-state index in [1.165, 1.54) is 12.1 Å². The highest BCUT2D eigenvalue weighted by molar-refractivity contribution is 9.09. The molecule has 0 radical (unpaired) electrons. The Morgan fingerprint density at radius 3 is 2.79 bits per heavy atom. The Bertz CT molecular complexity index is 424. The molecule has 1 aromatic rings. The van der Waals surface area contributed by atoms with Crippen LogP contribution in [0, 0.1) is 11.3 Å². The van der Waals surface area contributed by atoms with Crippen molar-refractivity contribution >= 4 is 27.4 Å². The molecule has 4 nitrogen and oxygen atoms in total. The first-order chi connectivity index (χ1) is 6.61. The maximum atomic E-state index is 11.4. The minimum Gasteiger partial charge on any atom is -0.506 e. The summed E-state index contributed by atoms with van der Waals surface area (Å²) in [4.78, 5) is 11.4. The molecular formula is C9H7BrN2O2.